The van der Waals surface area contributed by atoms with E-state index in [-0.39, 0.29) is 11.8 Å². The second-order valence-corrected chi connectivity index (χ2v) is 2.58. The van der Waals surface area contributed by atoms with Crippen molar-refractivity contribution in [3.63, 3.8) is 0 Å². The van der Waals surface area contributed by atoms with Gasteiger partial charge in [-0.15, -0.1) is 11.6 Å². The van der Waals surface area contributed by atoms with Crippen molar-refractivity contribution in [2.75, 3.05) is 5.88 Å². The molecule has 0 radical (unpaired) electrons. The Bertz CT molecular complexity index is 298. The molecule has 1 aromatic rings. The lowest BCUT2D eigenvalue weighted by Crippen LogP contribution is -2.17. The monoisotopic (exact) mass is 196 g/mol. The normalized spacial score (nSPS) is 10.2. The molecule has 0 saturated carbocycles. The van der Waals surface area contributed by atoms with Crippen LogP contribution in [0.5, 0.6) is 0 Å². The zero-order valence-electron chi connectivity index (χ0n) is 6.90. The number of alkyl halides is 1. The Labute approximate surface area is 81.4 Å². The first-order valence-electron chi connectivity index (χ1n) is 3.77. The lowest BCUT2D eigenvalue weighted by atomic mass is 10.2. The zero-order chi connectivity index (χ0) is 9.52. The predicted octanol–water partition coefficient (Wildman–Crippen LogP) is 1.64. The van der Waals surface area contributed by atoms with Crippen LogP contribution < -0.4 is 5.43 Å². The molecule has 0 aliphatic carbocycles. The quantitative estimate of drug-likeness (QED) is 0.446. The molecule has 0 atom stereocenters. The van der Waals surface area contributed by atoms with Gasteiger partial charge in [0.2, 0.25) is 0 Å². The average Bonchev–Trinajstić information content (AvgIpc) is 2.19. The number of carbonyl (C=O) groups is 1. The molecule has 0 aliphatic rings. The standard InChI is InChI=1S/C9H9ClN2O/c10-6-7-11-12-9(13)8-4-2-1-3-5-8/h1-5,7H,6H2,(H,12,13). The van der Waals surface area contributed by atoms with Crippen LogP contribution in [0.25, 0.3) is 0 Å². The van der Waals surface area contributed by atoms with Gasteiger partial charge in [0.1, 0.15) is 0 Å². The van der Waals surface area contributed by atoms with E-state index in [0.717, 1.165) is 0 Å². The van der Waals surface area contributed by atoms with E-state index in [1.807, 2.05) is 6.07 Å². The van der Waals surface area contributed by atoms with E-state index in [9.17, 15) is 4.79 Å². The van der Waals surface area contributed by atoms with Gasteiger partial charge in [-0.3, -0.25) is 4.79 Å². The van der Waals surface area contributed by atoms with Gasteiger partial charge in [-0.2, -0.15) is 5.10 Å². The number of nitrogens with one attached hydrogen (secondary N) is 1. The number of hydrazone groups is 1. The number of benzene rings is 1. The molecule has 0 heterocycles. The second kappa shape index (κ2) is 5.32. The first-order chi connectivity index (χ1) is 6.34. The van der Waals surface area contributed by atoms with Gasteiger partial charge >= 0.3 is 0 Å². The van der Waals surface area contributed by atoms with Gasteiger partial charge in [-0.05, 0) is 12.1 Å². The van der Waals surface area contributed by atoms with Crippen molar-refractivity contribution in [3.8, 4) is 0 Å². The Morgan fingerprint density at radius 3 is 2.77 bits per heavy atom. The van der Waals surface area contributed by atoms with Crippen LogP contribution in [-0.4, -0.2) is 18.0 Å². The Hall–Kier alpha value is -1.35. The summed E-state index contributed by atoms with van der Waals surface area (Å²) >= 11 is 5.33. The van der Waals surface area contributed by atoms with Crippen LogP contribution in [0.15, 0.2) is 35.4 Å². The van der Waals surface area contributed by atoms with Crippen molar-refractivity contribution in [2.45, 2.75) is 0 Å². The minimum Gasteiger partial charge on any atom is -0.267 e. The Kier molecular flexibility index (Phi) is 3.99. The summed E-state index contributed by atoms with van der Waals surface area (Å²) in [4.78, 5) is 11.3. The van der Waals surface area contributed by atoms with Gasteiger partial charge in [0.25, 0.3) is 5.91 Å². The lowest BCUT2D eigenvalue weighted by molar-refractivity contribution is 0.0955. The number of hydrogen-bond acceptors (Lipinski definition) is 2. The molecule has 4 heteroatoms. The molecule has 0 aliphatic heterocycles. The average molecular weight is 197 g/mol. The zero-order valence-corrected chi connectivity index (χ0v) is 7.66. The molecule has 1 rings (SSSR count). The molecular weight excluding hydrogens is 188 g/mol. The van der Waals surface area contributed by atoms with Gasteiger partial charge in [-0.25, -0.2) is 5.43 Å². The third-order valence-electron chi connectivity index (χ3n) is 1.36. The highest BCUT2D eigenvalue weighted by Gasteiger charge is 2.00. The van der Waals surface area contributed by atoms with Crippen molar-refractivity contribution in [1.29, 1.82) is 0 Å². The Balaban J connectivity index is 2.54. The van der Waals surface area contributed by atoms with E-state index in [0.29, 0.717) is 5.56 Å². The molecular formula is C9H9ClN2O. The fourth-order valence-corrected chi connectivity index (χ4v) is 0.862. The van der Waals surface area contributed by atoms with Crippen molar-refractivity contribution < 1.29 is 4.79 Å². The summed E-state index contributed by atoms with van der Waals surface area (Å²) in [5, 5.41) is 3.61. The van der Waals surface area contributed by atoms with Gasteiger partial charge in [0.15, 0.2) is 0 Å². The van der Waals surface area contributed by atoms with Crippen LogP contribution in [0.2, 0.25) is 0 Å². The molecule has 0 bridgehead atoms. The summed E-state index contributed by atoms with van der Waals surface area (Å²) in [5.41, 5.74) is 2.92. The lowest BCUT2D eigenvalue weighted by Gasteiger charge is -1.97. The molecule has 0 unspecified atom stereocenters. The minimum absolute atomic E-state index is 0.234. The SMILES string of the molecule is O=C(NN=CCCl)c1ccccc1. The number of carbonyl (C=O) groups excluding carboxylic acids is 1. The van der Waals surface area contributed by atoms with Crippen LogP contribution >= 0.6 is 11.6 Å². The fraction of sp³-hybridized carbons (Fsp3) is 0.111. The highest BCUT2D eigenvalue weighted by molar-refractivity contribution is 6.24. The number of rotatable bonds is 3. The smallest absolute Gasteiger partial charge is 0.267 e. The molecule has 0 fully saturated rings. The van der Waals surface area contributed by atoms with E-state index >= 15 is 0 Å². The molecule has 1 aromatic carbocycles. The molecule has 0 spiro atoms. The molecule has 0 aromatic heterocycles. The van der Waals surface area contributed by atoms with Crippen molar-refractivity contribution in [1.82, 2.24) is 5.43 Å². The van der Waals surface area contributed by atoms with Crippen molar-refractivity contribution >= 4 is 23.7 Å². The van der Waals surface area contributed by atoms with Crippen LogP contribution in [0, 0.1) is 0 Å². The maximum absolute atomic E-state index is 11.3. The molecule has 68 valence electrons. The minimum atomic E-state index is -0.234. The summed E-state index contributed by atoms with van der Waals surface area (Å²) < 4.78 is 0. The molecule has 1 amide bonds. The van der Waals surface area contributed by atoms with Crippen molar-refractivity contribution in [2.24, 2.45) is 5.10 Å². The maximum Gasteiger partial charge on any atom is 0.271 e. The van der Waals surface area contributed by atoms with Crippen LogP contribution in [0.3, 0.4) is 0 Å². The molecule has 3 nitrogen and oxygen atoms in total. The summed E-state index contributed by atoms with van der Waals surface area (Å²) in [6.45, 7) is 0. The van der Waals surface area contributed by atoms with E-state index in [1.165, 1.54) is 6.21 Å². The maximum atomic E-state index is 11.3. The predicted molar refractivity (Wildman–Crippen MR) is 53.1 cm³/mol. The summed E-state index contributed by atoms with van der Waals surface area (Å²) in [7, 11) is 0. The number of amides is 1. The number of nitrogens with zero attached hydrogens (tertiary/aromatic N) is 1. The van der Waals surface area contributed by atoms with Crippen LogP contribution in [0.4, 0.5) is 0 Å². The summed E-state index contributed by atoms with van der Waals surface area (Å²) in [5.74, 6) is 0.0525. The number of halogens is 1. The second-order valence-electron chi connectivity index (χ2n) is 2.27. The first kappa shape index (κ1) is 9.74. The highest BCUT2D eigenvalue weighted by Crippen LogP contribution is 1.96. The van der Waals surface area contributed by atoms with Gasteiger partial charge in [0.05, 0.1) is 5.88 Å². The van der Waals surface area contributed by atoms with Crippen molar-refractivity contribution in [3.05, 3.63) is 35.9 Å². The Morgan fingerprint density at radius 2 is 2.15 bits per heavy atom. The molecule has 1 N–H and O–H groups in total. The van der Waals surface area contributed by atoms with Gasteiger partial charge in [0, 0.05) is 11.8 Å². The molecule has 0 saturated heterocycles. The van der Waals surface area contributed by atoms with E-state index in [2.05, 4.69) is 10.5 Å². The Morgan fingerprint density at radius 1 is 1.46 bits per heavy atom. The topological polar surface area (TPSA) is 41.5 Å². The molecule has 13 heavy (non-hydrogen) atoms. The first-order valence-corrected chi connectivity index (χ1v) is 4.31. The highest BCUT2D eigenvalue weighted by atomic mass is 35.5. The fourth-order valence-electron chi connectivity index (χ4n) is 0.793. The third kappa shape index (κ3) is 3.25. The third-order valence-corrected chi connectivity index (χ3v) is 1.50. The van der Waals surface area contributed by atoms with E-state index in [1.54, 1.807) is 24.3 Å². The van der Waals surface area contributed by atoms with Crippen LogP contribution in [-0.2, 0) is 0 Å². The van der Waals surface area contributed by atoms with Crippen LogP contribution in [0.1, 0.15) is 10.4 Å². The van der Waals surface area contributed by atoms with E-state index in [4.69, 9.17) is 11.6 Å². The number of hydrogen-bond donors (Lipinski definition) is 1. The summed E-state index contributed by atoms with van der Waals surface area (Å²) in [6, 6.07) is 8.86. The van der Waals surface area contributed by atoms with Gasteiger partial charge in [-0.1, -0.05) is 18.2 Å². The van der Waals surface area contributed by atoms with Gasteiger partial charge < -0.3 is 0 Å². The summed E-state index contributed by atoms with van der Waals surface area (Å²) in [6.07, 6.45) is 1.42. The largest absolute Gasteiger partial charge is 0.271 e. The van der Waals surface area contributed by atoms with E-state index < -0.39 is 0 Å².